The van der Waals surface area contributed by atoms with Crippen LogP contribution in [0.2, 0.25) is 0 Å². The maximum atomic E-state index is 12.2. The lowest BCUT2D eigenvalue weighted by Crippen LogP contribution is -2.34. The van der Waals surface area contributed by atoms with Gasteiger partial charge in [0.15, 0.2) is 5.82 Å². The van der Waals surface area contributed by atoms with E-state index in [1.54, 1.807) is 23.0 Å². The van der Waals surface area contributed by atoms with Crippen molar-refractivity contribution < 1.29 is 4.79 Å². The first kappa shape index (κ1) is 20.9. The van der Waals surface area contributed by atoms with Crippen molar-refractivity contribution >= 4 is 35.3 Å². The third-order valence-electron chi connectivity index (χ3n) is 4.88. The topological polar surface area (TPSA) is 94.1 Å². The number of H-pyrrole nitrogens is 1. The highest BCUT2D eigenvalue weighted by molar-refractivity contribution is 7.97. The van der Waals surface area contributed by atoms with Crippen LogP contribution in [0.15, 0.2) is 53.8 Å². The van der Waals surface area contributed by atoms with E-state index in [0.29, 0.717) is 19.6 Å². The molecular formula is C21H26N8OS. The number of amides is 2. The number of anilines is 2. The number of rotatable bonds is 7. The standard InChI is InChI=1S/C21H26N8OS/c1-4-27(5-2)21(30)23-16-6-8-17(9-7-16)31-28-13-19-22-10-11-29(19)20(14-28)24-18-12-15(3)25-26-18/h6-12,14H,4-5,13H2,1-3H3,(H,23,30)(H2,24,25,26). The number of aromatic nitrogens is 4. The van der Waals surface area contributed by atoms with Gasteiger partial charge in [0.05, 0.1) is 12.7 Å². The molecule has 10 heteroatoms. The van der Waals surface area contributed by atoms with Crippen LogP contribution in [0.3, 0.4) is 0 Å². The SMILES string of the molecule is CCN(CC)C(=O)Nc1ccc(SN2C=C(Nc3cc(C)[nH]n3)n3ccnc3C2)cc1. The van der Waals surface area contributed by atoms with Gasteiger partial charge < -0.3 is 19.8 Å². The second-order valence-electron chi connectivity index (χ2n) is 7.08. The van der Waals surface area contributed by atoms with Gasteiger partial charge in [0, 0.05) is 47.8 Å². The first-order valence-corrected chi connectivity index (χ1v) is 11.0. The highest BCUT2D eigenvalue weighted by atomic mass is 32.2. The lowest BCUT2D eigenvalue weighted by molar-refractivity contribution is 0.217. The molecule has 0 aliphatic carbocycles. The van der Waals surface area contributed by atoms with Crippen molar-refractivity contribution in [1.82, 2.24) is 29.0 Å². The Balaban J connectivity index is 1.45. The summed E-state index contributed by atoms with van der Waals surface area (Å²) in [5.41, 5.74) is 1.77. The Kier molecular flexibility index (Phi) is 6.17. The fourth-order valence-corrected chi connectivity index (χ4v) is 4.13. The molecule has 3 aromatic rings. The molecule has 1 aliphatic heterocycles. The fourth-order valence-electron chi connectivity index (χ4n) is 3.27. The number of carbonyl (C=O) groups is 1. The molecule has 2 aromatic heterocycles. The van der Waals surface area contributed by atoms with Gasteiger partial charge in [-0.15, -0.1) is 0 Å². The van der Waals surface area contributed by atoms with Gasteiger partial charge in [-0.05, 0) is 57.0 Å². The van der Waals surface area contributed by atoms with Crippen LogP contribution in [0, 0.1) is 6.92 Å². The van der Waals surface area contributed by atoms with Crippen LogP contribution in [0.4, 0.5) is 16.3 Å². The number of hydrogen-bond acceptors (Lipinski definition) is 6. The summed E-state index contributed by atoms with van der Waals surface area (Å²) in [4.78, 5) is 19.5. The minimum absolute atomic E-state index is 0.0828. The summed E-state index contributed by atoms with van der Waals surface area (Å²) < 4.78 is 4.14. The molecule has 2 amide bonds. The van der Waals surface area contributed by atoms with E-state index in [1.165, 1.54) is 0 Å². The first-order chi connectivity index (χ1) is 15.1. The quantitative estimate of drug-likeness (QED) is 0.479. The third kappa shape index (κ3) is 4.85. The lowest BCUT2D eigenvalue weighted by atomic mass is 10.3. The normalized spacial score (nSPS) is 12.9. The number of nitrogens with zero attached hydrogens (tertiary/aromatic N) is 5. The Morgan fingerprint density at radius 2 is 2.03 bits per heavy atom. The maximum Gasteiger partial charge on any atom is 0.321 e. The first-order valence-electron chi connectivity index (χ1n) is 10.2. The number of fused-ring (bicyclic) bond motifs is 1. The molecule has 3 heterocycles. The molecule has 0 fully saturated rings. The monoisotopic (exact) mass is 438 g/mol. The fraction of sp³-hybridized carbons (Fsp3) is 0.286. The van der Waals surface area contributed by atoms with E-state index in [2.05, 4.69) is 30.1 Å². The molecule has 9 nitrogen and oxygen atoms in total. The molecule has 0 unspecified atom stereocenters. The minimum atomic E-state index is -0.0828. The van der Waals surface area contributed by atoms with Crippen LogP contribution in [-0.4, -0.2) is 48.1 Å². The zero-order chi connectivity index (χ0) is 21.8. The molecule has 4 rings (SSSR count). The van der Waals surface area contributed by atoms with Crippen LogP contribution >= 0.6 is 11.9 Å². The summed E-state index contributed by atoms with van der Waals surface area (Å²) >= 11 is 1.61. The number of carbonyl (C=O) groups excluding carboxylic acids is 1. The number of imidazole rings is 1. The average Bonchev–Trinajstić information content (AvgIpc) is 3.39. The predicted molar refractivity (Wildman–Crippen MR) is 123 cm³/mol. The molecule has 0 radical (unpaired) electrons. The van der Waals surface area contributed by atoms with Crippen molar-refractivity contribution in [2.45, 2.75) is 32.2 Å². The van der Waals surface area contributed by atoms with Crippen LogP contribution in [-0.2, 0) is 6.54 Å². The molecule has 0 saturated heterocycles. The Bertz CT molecular complexity index is 1070. The summed E-state index contributed by atoms with van der Waals surface area (Å²) in [5.74, 6) is 2.57. The van der Waals surface area contributed by atoms with E-state index >= 15 is 0 Å². The number of aromatic amines is 1. The van der Waals surface area contributed by atoms with E-state index in [-0.39, 0.29) is 6.03 Å². The number of nitrogens with one attached hydrogen (secondary N) is 3. The summed E-state index contributed by atoms with van der Waals surface area (Å²) in [6.07, 6.45) is 5.77. The van der Waals surface area contributed by atoms with Crippen molar-refractivity contribution in [3.05, 3.63) is 60.4 Å². The molecule has 1 aromatic carbocycles. The Labute approximate surface area is 185 Å². The Morgan fingerprint density at radius 1 is 1.26 bits per heavy atom. The molecule has 31 heavy (non-hydrogen) atoms. The Morgan fingerprint density at radius 3 is 2.71 bits per heavy atom. The maximum absolute atomic E-state index is 12.2. The van der Waals surface area contributed by atoms with E-state index in [0.717, 1.165) is 33.7 Å². The molecule has 0 bridgehead atoms. The predicted octanol–water partition coefficient (Wildman–Crippen LogP) is 4.18. The molecule has 162 valence electrons. The lowest BCUT2D eigenvalue weighted by Gasteiger charge is -2.26. The van der Waals surface area contributed by atoms with Gasteiger partial charge in [0.1, 0.15) is 11.6 Å². The zero-order valence-electron chi connectivity index (χ0n) is 17.8. The smallest absolute Gasteiger partial charge is 0.321 e. The van der Waals surface area contributed by atoms with Gasteiger partial charge in [0.25, 0.3) is 0 Å². The summed E-state index contributed by atoms with van der Waals surface area (Å²) in [5, 5.41) is 13.5. The van der Waals surface area contributed by atoms with E-state index < -0.39 is 0 Å². The number of aryl methyl sites for hydroxylation is 1. The van der Waals surface area contributed by atoms with E-state index in [9.17, 15) is 4.79 Å². The number of urea groups is 1. The van der Waals surface area contributed by atoms with Gasteiger partial charge in [-0.25, -0.2) is 9.78 Å². The zero-order valence-corrected chi connectivity index (χ0v) is 18.6. The minimum Gasteiger partial charge on any atom is -0.325 e. The largest absolute Gasteiger partial charge is 0.325 e. The van der Waals surface area contributed by atoms with E-state index in [1.807, 2.05) is 68.1 Å². The highest BCUT2D eigenvalue weighted by Crippen LogP contribution is 2.30. The average molecular weight is 439 g/mol. The highest BCUT2D eigenvalue weighted by Gasteiger charge is 2.19. The second kappa shape index (κ2) is 9.17. The third-order valence-corrected chi connectivity index (χ3v) is 5.83. The van der Waals surface area contributed by atoms with Crippen LogP contribution < -0.4 is 10.6 Å². The van der Waals surface area contributed by atoms with Crippen LogP contribution in [0.1, 0.15) is 25.4 Å². The van der Waals surface area contributed by atoms with Crippen molar-refractivity contribution in [3.8, 4) is 0 Å². The van der Waals surface area contributed by atoms with E-state index in [4.69, 9.17) is 0 Å². The van der Waals surface area contributed by atoms with Gasteiger partial charge >= 0.3 is 6.03 Å². The molecule has 1 aliphatic rings. The van der Waals surface area contributed by atoms with Gasteiger partial charge in [-0.3, -0.25) is 9.67 Å². The van der Waals surface area contributed by atoms with Crippen molar-refractivity contribution in [2.24, 2.45) is 0 Å². The molecule has 0 saturated carbocycles. The van der Waals surface area contributed by atoms with Gasteiger partial charge in [0.2, 0.25) is 0 Å². The Hall–Kier alpha value is -3.40. The molecule has 3 N–H and O–H groups in total. The molecule has 0 spiro atoms. The molecular weight excluding hydrogens is 412 g/mol. The van der Waals surface area contributed by atoms with Crippen molar-refractivity contribution in [2.75, 3.05) is 23.7 Å². The van der Waals surface area contributed by atoms with Crippen LogP contribution in [0.5, 0.6) is 0 Å². The van der Waals surface area contributed by atoms with Crippen LogP contribution in [0.25, 0.3) is 5.82 Å². The number of hydrogen-bond donors (Lipinski definition) is 3. The van der Waals surface area contributed by atoms with Gasteiger partial charge in [-0.2, -0.15) is 5.10 Å². The van der Waals surface area contributed by atoms with Crippen molar-refractivity contribution in [3.63, 3.8) is 0 Å². The summed E-state index contributed by atoms with van der Waals surface area (Å²) in [6, 6.07) is 9.71. The van der Waals surface area contributed by atoms with Gasteiger partial charge in [-0.1, -0.05) is 0 Å². The van der Waals surface area contributed by atoms with Crippen molar-refractivity contribution in [1.29, 1.82) is 0 Å². The summed E-state index contributed by atoms with van der Waals surface area (Å²) in [6.45, 7) is 7.94. The second-order valence-corrected chi connectivity index (χ2v) is 8.21. The summed E-state index contributed by atoms with van der Waals surface area (Å²) in [7, 11) is 0. The number of benzene rings is 1. The molecule has 0 atom stereocenters.